The molecule has 0 aliphatic rings. The highest BCUT2D eigenvalue weighted by molar-refractivity contribution is 5.69. The van der Waals surface area contributed by atoms with Crippen LogP contribution >= 0.6 is 0 Å². The summed E-state index contributed by atoms with van der Waals surface area (Å²) in [7, 11) is 0. The molecule has 1 aromatic carbocycles. The van der Waals surface area contributed by atoms with Gasteiger partial charge in [-0.15, -0.1) is 0 Å². The molecule has 0 aliphatic heterocycles. The Balaban J connectivity index is 2.42. The lowest BCUT2D eigenvalue weighted by atomic mass is 10.1. The summed E-state index contributed by atoms with van der Waals surface area (Å²) in [6.45, 7) is 2.48. The Morgan fingerprint density at radius 2 is 2.06 bits per heavy atom. The van der Waals surface area contributed by atoms with Crippen molar-refractivity contribution in [3.8, 4) is 0 Å². The van der Waals surface area contributed by atoms with E-state index >= 15 is 0 Å². The van der Waals surface area contributed by atoms with E-state index in [4.69, 9.17) is 5.11 Å². The van der Waals surface area contributed by atoms with Gasteiger partial charge >= 0.3 is 5.97 Å². The predicted molar refractivity (Wildman–Crippen MR) is 61.6 cm³/mol. The van der Waals surface area contributed by atoms with E-state index in [0.29, 0.717) is 13.1 Å². The number of hydrogen-bond donors (Lipinski definition) is 2. The van der Waals surface area contributed by atoms with Crippen LogP contribution in [0, 0.1) is 16.0 Å². The van der Waals surface area contributed by atoms with Gasteiger partial charge in [0, 0.05) is 25.2 Å². The normalized spacial score (nSPS) is 12.1. The van der Waals surface area contributed by atoms with Gasteiger partial charge in [-0.05, 0) is 5.56 Å². The van der Waals surface area contributed by atoms with Crippen molar-refractivity contribution in [2.24, 2.45) is 5.92 Å². The summed E-state index contributed by atoms with van der Waals surface area (Å²) in [5.74, 6) is -1.30. The second kappa shape index (κ2) is 5.95. The van der Waals surface area contributed by atoms with Crippen LogP contribution in [0.1, 0.15) is 12.5 Å². The van der Waals surface area contributed by atoms with Crippen LogP contribution in [-0.4, -0.2) is 22.5 Å². The minimum atomic E-state index is -0.846. The topological polar surface area (TPSA) is 92.5 Å². The lowest BCUT2D eigenvalue weighted by Gasteiger charge is -2.07. The monoisotopic (exact) mass is 238 g/mol. The van der Waals surface area contributed by atoms with E-state index in [1.54, 1.807) is 19.1 Å². The number of benzene rings is 1. The Labute approximate surface area is 98.4 Å². The third-order valence-electron chi connectivity index (χ3n) is 2.35. The summed E-state index contributed by atoms with van der Waals surface area (Å²) in [4.78, 5) is 20.5. The molecule has 0 saturated heterocycles. The van der Waals surface area contributed by atoms with Crippen molar-refractivity contribution < 1.29 is 14.8 Å². The molecule has 1 atom stereocenters. The molecule has 92 valence electrons. The number of nitrogens with one attached hydrogen (secondary N) is 1. The smallest absolute Gasteiger partial charge is 0.307 e. The molecule has 1 rings (SSSR count). The maximum absolute atomic E-state index is 10.5. The molecule has 0 amide bonds. The molecule has 1 aromatic rings. The molecule has 0 fully saturated rings. The first-order valence-corrected chi connectivity index (χ1v) is 5.17. The van der Waals surface area contributed by atoms with Crippen LogP contribution in [0.5, 0.6) is 0 Å². The van der Waals surface area contributed by atoms with Gasteiger partial charge in [-0.1, -0.05) is 19.1 Å². The number of carbonyl (C=O) groups is 1. The second-order valence-corrected chi connectivity index (χ2v) is 3.79. The number of carboxylic acids is 1. The molecule has 6 nitrogen and oxygen atoms in total. The number of hydrogen-bond acceptors (Lipinski definition) is 4. The molecule has 0 bridgehead atoms. The van der Waals surface area contributed by atoms with Gasteiger partial charge in [0.2, 0.25) is 0 Å². The highest BCUT2D eigenvalue weighted by atomic mass is 16.6. The van der Waals surface area contributed by atoms with Crippen molar-refractivity contribution in [2.45, 2.75) is 13.5 Å². The molecule has 17 heavy (non-hydrogen) atoms. The fourth-order valence-electron chi connectivity index (χ4n) is 1.26. The van der Waals surface area contributed by atoms with Crippen molar-refractivity contribution >= 4 is 11.7 Å². The zero-order valence-corrected chi connectivity index (χ0v) is 9.42. The first-order chi connectivity index (χ1) is 8.00. The van der Waals surface area contributed by atoms with E-state index in [0.717, 1.165) is 5.56 Å². The first kappa shape index (κ1) is 13.1. The Morgan fingerprint density at radius 1 is 1.47 bits per heavy atom. The van der Waals surface area contributed by atoms with Gasteiger partial charge in [0.05, 0.1) is 10.8 Å². The average molecular weight is 238 g/mol. The van der Waals surface area contributed by atoms with Crippen LogP contribution in [-0.2, 0) is 11.3 Å². The van der Waals surface area contributed by atoms with Gasteiger partial charge in [0.25, 0.3) is 5.69 Å². The van der Waals surface area contributed by atoms with Gasteiger partial charge in [-0.3, -0.25) is 14.9 Å². The standard InChI is InChI=1S/C11H14N2O4/c1-8(11(14)15)6-12-7-9-2-4-10(5-3-9)13(16)17/h2-5,8,12H,6-7H2,1H3,(H,14,15). The van der Waals surface area contributed by atoms with Gasteiger partial charge in [-0.2, -0.15) is 0 Å². The van der Waals surface area contributed by atoms with E-state index in [-0.39, 0.29) is 5.69 Å². The predicted octanol–water partition coefficient (Wildman–Crippen LogP) is 1.41. The molecule has 0 heterocycles. The molecule has 0 saturated carbocycles. The number of carboxylic acid groups (broad SMARTS) is 1. The molecule has 0 aromatic heterocycles. The fourth-order valence-corrected chi connectivity index (χ4v) is 1.26. The van der Waals surface area contributed by atoms with E-state index < -0.39 is 16.8 Å². The van der Waals surface area contributed by atoms with E-state index in [1.807, 2.05) is 0 Å². The molecule has 2 N–H and O–H groups in total. The van der Waals surface area contributed by atoms with E-state index in [1.165, 1.54) is 12.1 Å². The first-order valence-electron chi connectivity index (χ1n) is 5.17. The number of nitro groups is 1. The number of nitro benzene ring substituents is 1. The van der Waals surface area contributed by atoms with E-state index in [9.17, 15) is 14.9 Å². The molecule has 0 aliphatic carbocycles. The maximum Gasteiger partial charge on any atom is 0.307 e. The van der Waals surface area contributed by atoms with Gasteiger partial charge in [0.1, 0.15) is 0 Å². The molecule has 0 spiro atoms. The Bertz CT molecular complexity index is 402. The van der Waals surface area contributed by atoms with Gasteiger partial charge in [-0.25, -0.2) is 0 Å². The number of rotatable bonds is 6. The van der Waals surface area contributed by atoms with Crippen molar-refractivity contribution in [1.29, 1.82) is 0 Å². The maximum atomic E-state index is 10.5. The van der Waals surface area contributed by atoms with Crippen LogP contribution in [0.3, 0.4) is 0 Å². The fraction of sp³-hybridized carbons (Fsp3) is 0.364. The van der Waals surface area contributed by atoms with Crippen LogP contribution in [0.25, 0.3) is 0 Å². The third kappa shape index (κ3) is 4.20. The van der Waals surface area contributed by atoms with Gasteiger partial charge < -0.3 is 10.4 Å². The number of nitrogens with zero attached hydrogens (tertiary/aromatic N) is 1. The SMILES string of the molecule is CC(CNCc1ccc([N+](=O)[O-])cc1)C(=O)O. The van der Waals surface area contributed by atoms with Crippen LogP contribution in [0.4, 0.5) is 5.69 Å². The second-order valence-electron chi connectivity index (χ2n) is 3.79. The molecular weight excluding hydrogens is 224 g/mol. The molecular formula is C11H14N2O4. The third-order valence-corrected chi connectivity index (χ3v) is 2.35. The van der Waals surface area contributed by atoms with Gasteiger partial charge in [0.15, 0.2) is 0 Å². The van der Waals surface area contributed by atoms with Crippen LogP contribution in [0.2, 0.25) is 0 Å². The quantitative estimate of drug-likeness (QED) is 0.577. The van der Waals surface area contributed by atoms with E-state index in [2.05, 4.69) is 5.32 Å². The van der Waals surface area contributed by atoms with Crippen LogP contribution in [0.15, 0.2) is 24.3 Å². The summed E-state index contributed by atoms with van der Waals surface area (Å²) in [6, 6.07) is 6.16. The summed E-state index contributed by atoms with van der Waals surface area (Å²) in [5.41, 5.74) is 0.931. The lowest BCUT2D eigenvalue weighted by molar-refractivity contribution is -0.384. The molecule has 0 radical (unpaired) electrons. The lowest BCUT2D eigenvalue weighted by Crippen LogP contribution is -2.25. The molecule has 1 unspecified atom stereocenters. The van der Waals surface area contributed by atoms with Crippen molar-refractivity contribution in [2.75, 3.05) is 6.54 Å². The zero-order valence-electron chi connectivity index (χ0n) is 9.42. The number of non-ortho nitro benzene ring substituents is 1. The van der Waals surface area contributed by atoms with Crippen molar-refractivity contribution in [3.63, 3.8) is 0 Å². The molecule has 6 heteroatoms. The average Bonchev–Trinajstić information content (AvgIpc) is 2.29. The summed E-state index contributed by atoms with van der Waals surface area (Å²) in [5, 5.41) is 22.1. The Kier molecular flexibility index (Phi) is 4.59. The summed E-state index contributed by atoms with van der Waals surface area (Å²) in [6.07, 6.45) is 0. The highest BCUT2D eigenvalue weighted by Gasteiger charge is 2.09. The summed E-state index contributed by atoms with van der Waals surface area (Å²) >= 11 is 0. The largest absolute Gasteiger partial charge is 0.481 e. The summed E-state index contributed by atoms with van der Waals surface area (Å²) < 4.78 is 0. The van der Waals surface area contributed by atoms with Crippen molar-refractivity contribution in [3.05, 3.63) is 39.9 Å². The minimum Gasteiger partial charge on any atom is -0.481 e. The Morgan fingerprint density at radius 3 is 2.53 bits per heavy atom. The van der Waals surface area contributed by atoms with Crippen LogP contribution < -0.4 is 5.32 Å². The highest BCUT2D eigenvalue weighted by Crippen LogP contribution is 2.11. The van der Waals surface area contributed by atoms with Crippen molar-refractivity contribution in [1.82, 2.24) is 5.32 Å². The Hall–Kier alpha value is -1.95. The number of aliphatic carboxylic acids is 1. The minimum absolute atomic E-state index is 0.0488. The zero-order chi connectivity index (χ0) is 12.8.